The van der Waals surface area contributed by atoms with E-state index in [9.17, 15) is 14.4 Å². The fourth-order valence-electron chi connectivity index (χ4n) is 3.35. The summed E-state index contributed by atoms with van der Waals surface area (Å²) < 4.78 is 1.65. The van der Waals surface area contributed by atoms with Gasteiger partial charge in [-0.25, -0.2) is 9.78 Å². The monoisotopic (exact) mass is 413 g/mol. The Morgan fingerprint density at radius 2 is 1.74 bits per heavy atom. The Morgan fingerprint density at radius 3 is 2.45 bits per heavy atom. The van der Waals surface area contributed by atoms with Gasteiger partial charge in [0.1, 0.15) is 0 Å². The number of para-hydroxylation sites is 1. The third kappa shape index (κ3) is 4.04. The summed E-state index contributed by atoms with van der Waals surface area (Å²) in [5.74, 6) is -1.42. The number of carbonyl (C=O) groups is 2. The quantitative estimate of drug-likeness (QED) is 0.386. The van der Waals surface area contributed by atoms with Gasteiger partial charge in [0, 0.05) is 17.3 Å². The van der Waals surface area contributed by atoms with Crippen molar-refractivity contribution in [3.05, 3.63) is 94.0 Å². The van der Waals surface area contributed by atoms with Crippen LogP contribution in [0.4, 0.5) is 5.69 Å². The third-order valence-electron chi connectivity index (χ3n) is 4.82. The lowest BCUT2D eigenvalue weighted by Gasteiger charge is -2.07. The molecule has 8 nitrogen and oxygen atoms in total. The van der Waals surface area contributed by atoms with Crippen LogP contribution >= 0.6 is 0 Å². The molecule has 0 atom stereocenters. The highest BCUT2D eigenvalue weighted by Gasteiger charge is 2.25. The van der Waals surface area contributed by atoms with Crippen molar-refractivity contribution in [3.8, 4) is 16.9 Å². The first-order chi connectivity index (χ1) is 14.9. The van der Waals surface area contributed by atoms with E-state index in [1.807, 2.05) is 30.3 Å². The molecule has 0 saturated carbocycles. The lowest BCUT2D eigenvalue weighted by Crippen LogP contribution is -2.24. The second-order valence-electron chi connectivity index (χ2n) is 6.96. The van der Waals surface area contributed by atoms with Crippen molar-refractivity contribution in [3.63, 3.8) is 0 Å². The highest BCUT2D eigenvalue weighted by Crippen LogP contribution is 2.22. The van der Waals surface area contributed by atoms with Gasteiger partial charge in [-0.05, 0) is 44.2 Å². The van der Waals surface area contributed by atoms with Crippen molar-refractivity contribution in [2.24, 2.45) is 0 Å². The fourth-order valence-corrected chi connectivity index (χ4v) is 3.35. The van der Waals surface area contributed by atoms with E-state index in [0.717, 1.165) is 5.69 Å². The molecule has 2 aromatic carbocycles. The highest BCUT2D eigenvalue weighted by atomic mass is 16.2. The summed E-state index contributed by atoms with van der Waals surface area (Å²) in [7, 11) is 0. The van der Waals surface area contributed by atoms with Crippen LogP contribution in [0.2, 0.25) is 0 Å². The van der Waals surface area contributed by atoms with E-state index in [1.54, 1.807) is 48.9 Å². The second kappa shape index (κ2) is 8.19. The van der Waals surface area contributed by atoms with Crippen molar-refractivity contribution in [2.45, 2.75) is 13.8 Å². The molecule has 4 rings (SSSR count). The maximum atomic E-state index is 12.9. The first-order valence-electron chi connectivity index (χ1n) is 9.57. The largest absolute Gasteiger partial charge is 0.319 e. The Morgan fingerprint density at radius 1 is 0.968 bits per heavy atom. The van der Waals surface area contributed by atoms with E-state index in [0.29, 0.717) is 28.3 Å². The van der Waals surface area contributed by atoms with Crippen LogP contribution in [0.5, 0.6) is 0 Å². The van der Waals surface area contributed by atoms with E-state index in [2.05, 4.69) is 20.6 Å². The number of aryl methyl sites for hydroxylation is 1. The van der Waals surface area contributed by atoms with Gasteiger partial charge < -0.3 is 5.32 Å². The summed E-state index contributed by atoms with van der Waals surface area (Å²) >= 11 is 0. The molecule has 0 saturated heterocycles. The Balaban J connectivity index is 1.58. The van der Waals surface area contributed by atoms with Gasteiger partial charge in [-0.2, -0.15) is 10.2 Å². The summed E-state index contributed by atoms with van der Waals surface area (Å²) in [6.45, 7) is 3.46. The molecule has 0 bridgehead atoms. The lowest BCUT2D eigenvalue weighted by molar-refractivity contribution is -0.112. The zero-order valence-electron chi connectivity index (χ0n) is 16.9. The lowest BCUT2D eigenvalue weighted by atomic mass is 10.1. The topological polar surface area (TPSA) is 110 Å². The van der Waals surface area contributed by atoms with Crippen LogP contribution in [-0.4, -0.2) is 31.7 Å². The van der Waals surface area contributed by atoms with E-state index in [1.165, 1.54) is 6.07 Å². The van der Waals surface area contributed by atoms with E-state index < -0.39 is 11.7 Å². The molecule has 0 aliphatic carbocycles. The number of anilines is 1. The van der Waals surface area contributed by atoms with Crippen LogP contribution in [0.25, 0.3) is 16.9 Å². The molecule has 1 amide bonds. The first-order valence-corrected chi connectivity index (χ1v) is 9.57. The van der Waals surface area contributed by atoms with Crippen LogP contribution in [0.3, 0.4) is 0 Å². The Labute approximate surface area is 177 Å². The molecule has 0 radical (unpaired) electrons. The molecule has 154 valence electrons. The number of hydrogen-bond acceptors (Lipinski definition) is 5. The molecule has 0 aliphatic rings. The molecule has 2 aromatic heterocycles. The van der Waals surface area contributed by atoms with Crippen molar-refractivity contribution in [2.75, 3.05) is 5.32 Å². The maximum absolute atomic E-state index is 12.9. The predicted octanol–water partition coefficient (Wildman–Crippen LogP) is 3.06. The minimum atomic E-state index is -0.759. The van der Waals surface area contributed by atoms with E-state index >= 15 is 0 Å². The van der Waals surface area contributed by atoms with Crippen molar-refractivity contribution in [1.82, 2.24) is 20.0 Å². The molecular weight excluding hydrogens is 394 g/mol. The van der Waals surface area contributed by atoms with Gasteiger partial charge in [0.05, 0.1) is 28.3 Å². The normalized spacial score (nSPS) is 10.6. The third-order valence-corrected chi connectivity index (χ3v) is 4.82. The number of nitrogens with one attached hydrogen (secondary N) is 2. The molecule has 0 aliphatic heterocycles. The molecule has 8 heteroatoms. The summed E-state index contributed by atoms with van der Waals surface area (Å²) in [6, 6.07) is 19.2. The van der Waals surface area contributed by atoms with Crippen molar-refractivity contribution in [1.29, 1.82) is 0 Å². The number of hydrogen-bond donors (Lipinski definition) is 2. The number of nitrogens with zero attached hydrogens (tertiary/aromatic N) is 3. The average Bonchev–Trinajstić information content (AvgIpc) is 3.08. The van der Waals surface area contributed by atoms with Gasteiger partial charge in [0.25, 0.3) is 17.2 Å². The second-order valence-corrected chi connectivity index (χ2v) is 6.96. The number of amides is 1. The Bertz CT molecular complexity index is 1320. The van der Waals surface area contributed by atoms with Gasteiger partial charge >= 0.3 is 0 Å². The number of benzene rings is 2. The minimum Gasteiger partial charge on any atom is -0.319 e. The SMILES string of the molecule is Cc1nn(-c2ccccc2)c(C)c1C(=O)C(=O)Nc1cccc(-c2ccc(=O)[nH]n2)c1. The van der Waals surface area contributed by atoms with Gasteiger partial charge in [0.2, 0.25) is 0 Å². The average molecular weight is 413 g/mol. The summed E-state index contributed by atoms with van der Waals surface area (Å²) in [4.78, 5) is 36.8. The van der Waals surface area contributed by atoms with Crippen LogP contribution < -0.4 is 10.9 Å². The predicted molar refractivity (Wildman–Crippen MR) is 116 cm³/mol. The smallest absolute Gasteiger partial charge is 0.296 e. The fraction of sp³-hybridized carbons (Fsp3) is 0.0870. The van der Waals surface area contributed by atoms with Gasteiger partial charge in [-0.1, -0.05) is 30.3 Å². The summed E-state index contributed by atoms with van der Waals surface area (Å²) in [5.41, 5.74) is 3.52. The molecule has 4 aromatic rings. The highest BCUT2D eigenvalue weighted by molar-refractivity contribution is 6.47. The zero-order valence-corrected chi connectivity index (χ0v) is 16.9. The number of carbonyl (C=O) groups excluding carboxylic acids is 2. The molecule has 2 heterocycles. The van der Waals surface area contributed by atoms with Crippen molar-refractivity contribution >= 4 is 17.4 Å². The molecular formula is C23H19N5O3. The first kappa shape index (κ1) is 20.0. The number of aromatic amines is 1. The van der Waals surface area contributed by atoms with Gasteiger partial charge in [0.15, 0.2) is 0 Å². The molecule has 0 fully saturated rings. The minimum absolute atomic E-state index is 0.278. The maximum Gasteiger partial charge on any atom is 0.296 e. The molecule has 31 heavy (non-hydrogen) atoms. The number of rotatable bonds is 5. The van der Waals surface area contributed by atoms with E-state index in [4.69, 9.17) is 0 Å². The Kier molecular flexibility index (Phi) is 5.28. The summed E-state index contributed by atoms with van der Waals surface area (Å²) in [6.07, 6.45) is 0. The molecule has 0 spiro atoms. The number of aromatic nitrogens is 4. The van der Waals surface area contributed by atoms with Crippen LogP contribution in [-0.2, 0) is 4.79 Å². The zero-order chi connectivity index (χ0) is 22.0. The van der Waals surface area contributed by atoms with E-state index in [-0.39, 0.29) is 11.1 Å². The van der Waals surface area contributed by atoms with Crippen LogP contribution in [0.15, 0.2) is 71.5 Å². The summed E-state index contributed by atoms with van der Waals surface area (Å²) in [5, 5.41) is 13.4. The Hall–Kier alpha value is -4.33. The van der Waals surface area contributed by atoms with Crippen LogP contribution in [0.1, 0.15) is 21.7 Å². The molecule has 2 N–H and O–H groups in total. The molecule has 0 unspecified atom stereocenters. The standard InChI is InChI=1S/C23H19N5O3/c1-14-21(15(2)28(27-14)18-9-4-3-5-10-18)22(30)23(31)24-17-8-6-7-16(13-17)19-11-12-20(29)26-25-19/h3-13H,1-2H3,(H,24,31)(H,26,29). The van der Waals surface area contributed by atoms with Gasteiger partial charge in [-0.3, -0.25) is 14.4 Å². The number of Topliss-reactive ketones (excluding diaryl/α,β-unsaturated/α-hetero) is 1. The van der Waals surface area contributed by atoms with Crippen molar-refractivity contribution < 1.29 is 9.59 Å². The number of ketones is 1. The van der Waals surface area contributed by atoms with Crippen LogP contribution in [0, 0.1) is 13.8 Å². The number of H-pyrrole nitrogens is 1. The van der Waals surface area contributed by atoms with Gasteiger partial charge in [-0.15, -0.1) is 0 Å².